The Bertz CT molecular complexity index is 439. The van der Waals surface area contributed by atoms with Gasteiger partial charge in [-0.1, -0.05) is 12.1 Å². The SMILES string of the molecule is CN(C)CCOC(=O)c1ccc(C(=N)N(C)C)cc1. The number of esters is 1. The van der Waals surface area contributed by atoms with Crippen molar-refractivity contribution in [2.75, 3.05) is 41.3 Å². The van der Waals surface area contributed by atoms with Crippen LogP contribution in [0.25, 0.3) is 0 Å². The molecule has 0 aliphatic carbocycles. The number of nitrogens with zero attached hydrogens (tertiary/aromatic N) is 2. The van der Waals surface area contributed by atoms with Crippen molar-refractivity contribution in [3.63, 3.8) is 0 Å². The van der Waals surface area contributed by atoms with Crippen molar-refractivity contribution >= 4 is 11.8 Å². The maximum absolute atomic E-state index is 11.7. The van der Waals surface area contributed by atoms with Gasteiger partial charge < -0.3 is 14.5 Å². The van der Waals surface area contributed by atoms with Gasteiger partial charge in [0.25, 0.3) is 0 Å². The normalized spacial score (nSPS) is 10.4. The van der Waals surface area contributed by atoms with Crippen LogP contribution in [0.3, 0.4) is 0 Å². The number of hydrogen-bond donors (Lipinski definition) is 1. The summed E-state index contributed by atoms with van der Waals surface area (Å²) in [5.74, 6) is 0.0808. The number of nitrogens with one attached hydrogen (secondary N) is 1. The summed E-state index contributed by atoms with van der Waals surface area (Å²) in [7, 11) is 7.47. The van der Waals surface area contributed by atoms with E-state index in [2.05, 4.69) is 0 Å². The average Bonchev–Trinajstić information content (AvgIpc) is 2.37. The van der Waals surface area contributed by atoms with E-state index in [0.717, 1.165) is 5.56 Å². The number of likely N-dealkylation sites (N-methyl/N-ethyl adjacent to an activating group) is 1. The number of hydrogen-bond acceptors (Lipinski definition) is 4. The second kappa shape index (κ2) is 6.89. The van der Waals surface area contributed by atoms with Gasteiger partial charge >= 0.3 is 5.97 Å². The molecular formula is C14H21N3O2. The first-order chi connectivity index (χ1) is 8.91. The standard InChI is InChI=1S/C14H21N3O2/c1-16(2)9-10-19-14(18)12-7-5-11(6-8-12)13(15)17(3)4/h5-8,15H,9-10H2,1-4H3. The monoisotopic (exact) mass is 263 g/mol. The predicted molar refractivity (Wildman–Crippen MR) is 75.8 cm³/mol. The van der Waals surface area contributed by atoms with E-state index in [0.29, 0.717) is 24.6 Å². The maximum atomic E-state index is 11.7. The zero-order valence-electron chi connectivity index (χ0n) is 11.9. The lowest BCUT2D eigenvalue weighted by Crippen LogP contribution is -2.22. The molecule has 104 valence electrons. The van der Waals surface area contributed by atoms with Gasteiger partial charge in [0.1, 0.15) is 12.4 Å². The van der Waals surface area contributed by atoms with Gasteiger partial charge in [-0.15, -0.1) is 0 Å². The minimum absolute atomic E-state index is 0.329. The van der Waals surface area contributed by atoms with Crippen LogP contribution in [-0.2, 0) is 4.74 Å². The fourth-order valence-corrected chi connectivity index (χ4v) is 1.43. The van der Waals surface area contributed by atoms with Crippen molar-refractivity contribution in [3.05, 3.63) is 35.4 Å². The molecule has 19 heavy (non-hydrogen) atoms. The van der Waals surface area contributed by atoms with Gasteiger partial charge in [0.05, 0.1) is 5.56 Å². The molecule has 1 aromatic carbocycles. The third-order valence-electron chi connectivity index (χ3n) is 2.61. The molecule has 0 aliphatic rings. The molecule has 0 unspecified atom stereocenters. The summed E-state index contributed by atoms with van der Waals surface area (Å²) in [6, 6.07) is 6.88. The summed E-state index contributed by atoms with van der Waals surface area (Å²) in [5.41, 5.74) is 1.28. The van der Waals surface area contributed by atoms with Crippen molar-refractivity contribution in [2.45, 2.75) is 0 Å². The van der Waals surface area contributed by atoms with E-state index in [4.69, 9.17) is 10.1 Å². The molecule has 0 fully saturated rings. The lowest BCUT2D eigenvalue weighted by molar-refractivity contribution is 0.0482. The molecule has 0 saturated carbocycles. The van der Waals surface area contributed by atoms with E-state index in [1.54, 1.807) is 29.2 Å². The number of carbonyl (C=O) groups excluding carboxylic acids is 1. The van der Waals surface area contributed by atoms with E-state index in [9.17, 15) is 4.79 Å². The van der Waals surface area contributed by atoms with Crippen LogP contribution in [0.2, 0.25) is 0 Å². The molecular weight excluding hydrogens is 242 g/mol. The number of carbonyl (C=O) groups is 1. The lowest BCUT2D eigenvalue weighted by atomic mass is 10.1. The van der Waals surface area contributed by atoms with E-state index in [1.807, 2.05) is 33.1 Å². The van der Waals surface area contributed by atoms with Crippen molar-refractivity contribution < 1.29 is 9.53 Å². The van der Waals surface area contributed by atoms with Gasteiger partial charge in [-0.3, -0.25) is 5.41 Å². The minimum atomic E-state index is -0.329. The van der Waals surface area contributed by atoms with Crippen molar-refractivity contribution in [1.29, 1.82) is 5.41 Å². The molecule has 1 rings (SSSR count). The third kappa shape index (κ3) is 4.71. The molecule has 0 aromatic heterocycles. The maximum Gasteiger partial charge on any atom is 0.338 e. The van der Waals surface area contributed by atoms with Crippen LogP contribution < -0.4 is 0 Å². The first-order valence-electron chi connectivity index (χ1n) is 6.10. The van der Waals surface area contributed by atoms with E-state index < -0.39 is 0 Å². The largest absolute Gasteiger partial charge is 0.461 e. The van der Waals surface area contributed by atoms with Crippen LogP contribution in [-0.4, -0.2) is 62.9 Å². The topological polar surface area (TPSA) is 56.6 Å². The Labute approximate surface area is 114 Å². The van der Waals surface area contributed by atoms with Gasteiger partial charge in [0, 0.05) is 26.2 Å². The van der Waals surface area contributed by atoms with Gasteiger partial charge in [-0.25, -0.2) is 4.79 Å². The molecule has 1 N–H and O–H groups in total. The van der Waals surface area contributed by atoms with Crippen LogP contribution in [0, 0.1) is 5.41 Å². The third-order valence-corrected chi connectivity index (χ3v) is 2.61. The van der Waals surface area contributed by atoms with Gasteiger partial charge in [0.15, 0.2) is 0 Å². The number of amidine groups is 1. The highest BCUT2D eigenvalue weighted by molar-refractivity contribution is 5.97. The second-order valence-electron chi connectivity index (χ2n) is 4.76. The van der Waals surface area contributed by atoms with E-state index in [-0.39, 0.29) is 5.97 Å². The molecule has 0 aliphatic heterocycles. The number of rotatable bonds is 5. The number of ether oxygens (including phenoxy) is 1. The summed E-state index contributed by atoms with van der Waals surface area (Å²) in [4.78, 5) is 15.4. The second-order valence-corrected chi connectivity index (χ2v) is 4.76. The molecule has 0 saturated heterocycles. The Hall–Kier alpha value is -1.88. The zero-order chi connectivity index (χ0) is 14.4. The molecule has 5 heteroatoms. The molecule has 0 atom stereocenters. The average molecular weight is 263 g/mol. The summed E-state index contributed by atoms with van der Waals surface area (Å²) < 4.78 is 5.14. The molecule has 0 radical (unpaired) electrons. The van der Waals surface area contributed by atoms with Crippen molar-refractivity contribution in [1.82, 2.24) is 9.80 Å². The lowest BCUT2D eigenvalue weighted by Gasteiger charge is -2.14. The highest BCUT2D eigenvalue weighted by Crippen LogP contribution is 2.07. The number of benzene rings is 1. The Morgan fingerprint density at radius 2 is 1.63 bits per heavy atom. The molecule has 5 nitrogen and oxygen atoms in total. The highest BCUT2D eigenvalue weighted by Gasteiger charge is 2.09. The first-order valence-corrected chi connectivity index (χ1v) is 6.10. The van der Waals surface area contributed by atoms with Crippen molar-refractivity contribution in [2.24, 2.45) is 0 Å². The molecule has 0 spiro atoms. The van der Waals surface area contributed by atoms with Gasteiger partial charge in [-0.2, -0.15) is 0 Å². The molecule has 0 heterocycles. The molecule has 0 bridgehead atoms. The summed E-state index contributed by atoms with van der Waals surface area (Å²) in [5, 5.41) is 7.82. The highest BCUT2D eigenvalue weighted by atomic mass is 16.5. The smallest absolute Gasteiger partial charge is 0.338 e. The summed E-state index contributed by atoms with van der Waals surface area (Å²) in [6.45, 7) is 1.08. The summed E-state index contributed by atoms with van der Waals surface area (Å²) in [6.07, 6.45) is 0. The molecule has 0 amide bonds. The van der Waals surface area contributed by atoms with Gasteiger partial charge in [0.2, 0.25) is 0 Å². The van der Waals surface area contributed by atoms with E-state index >= 15 is 0 Å². The zero-order valence-corrected chi connectivity index (χ0v) is 11.9. The minimum Gasteiger partial charge on any atom is -0.461 e. The van der Waals surface area contributed by atoms with Crippen molar-refractivity contribution in [3.8, 4) is 0 Å². The van der Waals surface area contributed by atoms with E-state index in [1.165, 1.54) is 0 Å². The Morgan fingerprint density at radius 3 is 2.11 bits per heavy atom. The van der Waals surface area contributed by atoms with Crippen LogP contribution in [0.15, 0.2) is 24.3 Å². The Balaban J connectivity index is 2.61. The Kier molecular flexibility index (Phi) is 5.51. The fourth-order valence-electron chi connectivity index (χ4n) is 1.43. The Morgan fingerprint density at radius 1 is 1.11 bits per heavy atom. The van der Waals surface area contributed by atoms with Crippen LogP contribution in [0.1, 0.15) is 15.9 Å². The van der Waals surface area contributed by atoms with Crippen LogP contribution >= 0.6 is 0 Å². The van der Waals surface area contributed by atoms with Gasteiger partial charge in [-0.05, 0) is 26.2 Å². The molecule has 1 aromatic rings. The fraction of sp³-hybridized carbons (Fsp3) is 0.429. The van der Waals surface area contributed by atoms with Crippen LogP contribution in [0.5, 0.6) is 0 Å². The summed E-state index contributed by atoms with van der Waals surface area (Å²) >= 11 is 0. The quantitative estimate of drug-likeness (QED) is 0.494. The van der Waals surface area contributed by atoms with Crippen LogP contribution in [0.4, 0.5) is 0 Å². The predicted octanol–water partition coefficient (Wildman–Crippen LogP) is 1.29. The first kappa shape index (κ1) is 15.2.